The van der Waals surface area contributed by atoms with Crippen LogP contribution in [0.4, 0.5) is 5.69 Å². The summed E-state index contributed by atoms with van der Waals surface area (Å²) in [6.45, 7) is -0.160. The molecule has 2 aromatic rings. The molecule has 1 heterocycles. The number of hydrogen-bond donors (Lipinski definition) is 2. The molecule has 0 fully saturated rings. The van der Waals surface area contributed by atoms with Gasteiger partial charge >= 0.3 is 0 Å². The quantitative estimate of drug-likeness (QED) is 0.901. The summed E-state index contributed by atoms with van der Waals surface area (Å²) >= 11 is 0. The second-order valence-electron chi connectivity index (χ2n) is 5.33. The van der Waals surface area contributed by atoms with Crippen LogP contribution >= 0.6 is 0 Å². The first-order chi connectivity index (χ1) is 11.1. The molecule has 0 bridgehead atoms. The molecule has 6 nitrogen and oxygen atoms in total. The monoisotopic (exact) mass is 311 g/mol. The fourth-order valence-corrected chi connectivity index (χ4v) is 2.55. The molecule has 23 heavy (non-hydrogen) atoms. The van der Waals surface area contributed by atoms with Crippen molar-refractivity contribution >= 4 is 17.5 Å². The maximum Gasteiger partial charge on any atom is 0.257 e. The lowest BCUT2D eigenvalue weighted by Crippen LogP contribution is -2.40. The summed E-state index contributed by atoms with van der Waals surface area (Å²) in [6.07, 6.45) is -0.261. The highest BCUT2D eigenvalue weighted by atomic mass is 16.5. The number of nitrogens with one attached hydrogen (secondary N) is 1. The van der Waals surface area contributed by atoms with Gasteiger partial charge in [-0.15, -0.1) is 0 Å². The molecular formula is C17H17N3O3. The lowest BCUT2D eigenvalue weighted by Gasteiger charge is -2.35. The van der Waals surface area contributed by atoms with Gasteiger partial charge in [0.25, 0.3) is 11.8 Å². The summed E-state index contributed by atoms with van der Waals surface area (Å²) in [6, 6.07) is 14.6. The van der Waals surface area contributed by atoms with Gasteiger partial charge in [-0.25, -0.2) is 0 Å². The number of carbonyl (C=O) groups is 2. The number of nitrogens with two attached hydrogens (primary N) is 1. The molecule has 2 aromatic carbocycles. The highest BCUT2D eigenvalue weighted by molar-refractivity contribution is 6.01. The molecule has 0 aliphatic carbocycles. The molecule has 1 atom stereocenters. The molecule has 0 spiro atoms. The number of hydrogen-bond acceptors (Lipinski definition) is 4. The van der Waals surface area contributed by atoms with Crippen molar-refractivity contribution in [2.45, 2.75) is 6.17 Å². The minimum absolute atomic E-state index is 0.0293. The van der Waals surface area contributed by atoms with E-state index >= 15 is 0 Å². The summed E-state index contributed by atoms with van der Waals surface area (Å²) in [5.41, 5.74) is 7.44. The minimum Gasteiger partial charge on any atom is -0.484 e. The molecule has 0 saturated heterocycles. The Hall–Kier alpha value is -3.02. The van der Waals surface area contributed by atoms with Crippen molar-refractivity contribution in [2.75, 3.05) is 19.0 Å². The molecular weight excluding hydrogens is 294 g/mol. The zero-order chi connectivity index (χ0) is 16.4. The zero-order valence-corrected chi connectivity index (χ0v) is 12.7. The molecule has 118 valence electrons. The van der Waals surface area contributed by atoms with Crippen molar-refractivity contribution in [2.24, 2.45) is 5.73 Å². The maximum absolute atomic E-state index is 12.5. The molecule has 2 amide bonds. The van der Waals surface area contributed by atoms with Crippen molar-refractivity contribution in [3.05, 3.63) is 59.7 Å². The van der Waals surface area contributed by atoms with E-state index in [9.17, 15) is 9.59 Å². The molecule has 3 N–H and O–H groups in total. The summed E-state index contributed by atoms with van der Waals surface area (Å²) in [7, 11) is 1.76. The van der Waals surface area contributed by atoms with Gasteiger partial charge in [-0.1, -0.05) is 24.3 Å². The highest BCUT2D eigenvalue weighted by Crippen LogP contribution is 2.32. The summed E-state index contributed by atoms with van der Waals surface area (Å²) in [5, 5.41) is 3.35. The van der Waals surface area contributed by atoms with Crippen molar-refractivity contribution in [1.82, 2.24) is 4.90 Å². The Balaban J connectivity index is 1.82. The number of primary amides is 1. The van der Waals surface area contributed by atoms with E-state index < -0.39 is 5.91 Å². The van der Waals surface area contributed by atoms with Crippen LogP contribution in [-0.2, 0) is 4.79 Å². The number of amides is 2. The Morgan fingerprint density at radius 2 is 1.91 bits per heavy atom. The number of para-hydroxylation sites is 1. The van der Waals surface area contributed by atoms with E-state index in [4.69, 9.17) is 10.5 Å². The Kier molecular flexibility index (Phi) is 3.89. The molecule has 0 saturated carbocycles. The number of anilines is 1. The van der Waals surface area contributed by atoms with Crippen LogP contribution in [0, 0.1) is 0 Å². The average molecular weight is 311 g/mol. The number of benzene rings is 2. The fraction of sp³-hybridized carbons (Fsp3) is 0.176. The second kappa shape index (κ2) is 6.00. The van der Waals surface area contributed by atoms with Gasteiger partial charge in [-0.3, -0.25) is 9.59 Å². The van der Waals surface area contributed by atoms with Crippen LogP contribution in [0.1, 0.15) is 22.1 Å². The summed E-state index contributed by atoms with van der Waals surface area (Å²) in [5.74, 6) is 0.00102. The third-order valence-electron chi connectivity index (χ3n) is 3.73. The third-order valence-corrected chi connectivity index (χ3v) is 3.73. The van der Waals surface area contributed by atoms with E-state index in [1.807, 2.05) is 30.3 Å². The number of fused-ring (bicyclic) bond motifs is 1. The van der Waals surface area contributed by atoms with E-state index in [0.717, 1.165) is 11.3 Å². The van der Waals surface area contributed by atoms with Gasteiger partial charge in [0.15, 0.2) is 6.61 Å². The largest absolute Gasteiger partial charge is 0.484 e. The normalized spacial score (nSPS) is 16.5. The van der Waals surface area contributed by atoms with E-state index in [0.29, 0.717) is 11.3 Å². The Bertz CT molecular complexity index is 743. The van der Waals surface area contributed by atoms with E-state index in [1.54, 1.807) is 30.1 Å². The first-order valence-corrected chi connectivity index (χ1v) is 7.20. The Morgan fingerprint density at radius 3 is 2.61 bits per heavy atom. The number of ether oxygens (including phenoxy) is 1. The van der Waals surface area contributed by atoms with Crippen LogP contribution in [0.3, 0.4) is 0 Å². The summed E-state index contributed by atoms with van der Waals surface area (Å²) in [4.78, 5) is 24.8. The van der Waals surface area contributed by atoms with Crippen LogP contribution in [-0.4, -0.2) is 30.4 Å². The minimum atomic E-state index is -0.523. The van der Waals surface area contributed by atoms with Gasteiger partial charge in [0.1, 0.15) is 11.9 Å². The fourth-order valence-electron chi connectivity index (χ4n) is 2.55. The SMILES string of the molecule is CN1C(=O)c2ccccc2N[C@H]1c1ccc(OCC(N)=O)cc1. The maximum atomic E-state index is 12.5. The van der Waals surface area contributed by atoms with Crippen LogP contribution in [0.15, 0.2) is 48.5 Å². The van der Waals surface area contributed by atoms with Crippen LogP contribution in [0.5, 0.6) is 5.75 Å². The smallest absolute Gasteiger partial charge is 0.257 e. The predicted molar refractivity (Wildman–Crippen MR) is 86.0 cm³/mol. The van der Waals surface area contributed by atoms with Gasteiger partial charge in [-0.05, 0) is 29.8 Å². The molecule has 1 aliphatic rings. The van der Waals surface area contributed by atoms with E-state index in [2.05, 4.69) is 5.32 Å². The van der Waals surface area contributed by atoms with Crippen molar-refractivity contribution in [1.29, 1.82) is 0 Å². The standard InChI is InChI=1S/C17H17N3O3/c1-20-16(19-14-5-3-2-4-13(14)17(20)22)11-6-8-12(9-7-11)23-10-15(18)21/h2-9,16,19H,10H2,1H3,(H2,18,21)/t16-/m1/s1. The second-order valence-corrected chi connectivity index (χ2v) is 5.33. The summed E-state index contributed by atoms with van der Waals surface area (Å²) < 4.78 is 5.24. The highest BCUT2D eigenvalue weighted by Gasteiger charge is 2.29. The van der Waals surface area contributed by atoms with E-state index in [-0.39, 0.29) is 18.7 Å². The van der Waals surface area contributed by atoms with E-state index in [1.165, 1.54) is 0 Å². The first kappa shape index (κ1) is 14.9. The topological polar surface area (TPSA) is 84.7 Å². The van der Waals surface area contributed by atoms with Gasteiger partial charge in [0.2, 0.25) is 0 Å². The Morgan fingerprint density at radius 1 is 1.22 bits per heavy atom. The predicted octanol–water partition coefficient (Wildman–Crippen LogP) is 1.75. The van der Waals surface area contributed by atoms with Gasteiger partial charge in [-0.2, -0.15) is 0 Å². The van der Waals surface area contributed by atoms with Gasteiger partial charge in [0, 0.05) is 12.7 Å². The van der Waals surface area contributed by atoms with Crippen LogP contribution in [0.25, 0.3) is 0 Å². The first-order valence-electron chi connectivity index (χ1n) is 7.20. The Labute approximate surface area is 133 Å². The number of carbonyl (C=O) groups excluding carboxylic acids is 2. The molecule has 0 radical (unpaired) electrons. The molecule has 6 heteroatoms. The molecule has 0 aromatic heterocycles. The van der Waals surface area contributed by atoms with Crippen LogP contribution < -0.4 is 15.8 Å². The average Bonchev–Trinajstić information content (AvgIpc) is 2.57. The molecule has 0 unspecified atom stereocenters. The van der Waals surface area contributed by atoms with Crippen molar-refractivity contribution in [3.8, 4) is 5.75 Å². The number of rotatable bonds is 4. The molecule has 3 rings (SSSR count). The third kappa shape index (κ3) is 2.96. The van der Waals surface area contributed by atoms with Crippen molar-refractivity contribution < 1.29 is 14.3 Å². The zero-order valence-electron chi connectivity index (χ0n) is 12.7. The molecule has 1 aliphatic heterocycles. The van der Waals surface area contributed by atoms with Gasteiger partial charge < -0.3 is 20.7 Å². The van der Waals surface area contributed by atoms with Crippen molar-refractivity contribution in [3.63, 3.8) is 0 Å². The van der Waals surface area contributed by atoms with Gasteiger partial charge in [0.05, 0.1) is 5.56 Å². The van der Waals surface area contributed by atoms with Crippen LogP contribution in [0.2, 0.25) is 0 Å². The number of nitrogens with zero attached hydrogens (tertiary/aromatic N) is 1. The lowest BCUT2D eigenvalue weighted by atomic mass is 10.0. The lowest BCUT2D eigenvalue weighted by molar-refractivity contribution is -0.119.